The lowest BCUT2D eigenvalue weighted by Crippen LogP contribution is -2.50. The largest absolute Gasteiger partial charge is 0.493 e. The molecule has 1 aromatic rings. The number of methoxy groups -OCH3 is 2. The molecule has 1 amide bonds. The van der Waals surface area contributed by atoms with Crippen molar-refractivity contribution >= 4 is 36.0 Å². The van der Waals surface area contributed by atoms with E-state index in [-0.39, 0.29) is 30.1 Å². The smallest absolute Gasteiger partial charge is 0.410 e. The molecular weight excluding hydrogens is 537 g/mol. The molecule has 0 aliphatic carbocycles. The van der Waals surface area contributed by atoms with E-state index in [0.29, 0.717) is 31.1 Å². The third-order valence-electron chi connectivity index (χ3n) is 5.10. The summed E-state index contributed by atoms with van der Waals surface area (Å²) >= 11 is 0. The Kier molecular flexibility index (Phi) is 12.6. The van der Waals surface area contributed by atoms with Crippen molar-refractivity contribution in [2.45, 2.75) is 39.3 Å². The zero-order valence-corrected chi connectivity index (χ0v) is 23.1. The van der Waals surface area contributed by atoms with E-state index in [2.05, 4.69) is 20.5 Å². The maximum Gasteiger partial charge on any atom is 0.410 e. The number of hydrogen-bond donors (Lipinski definition) is 2. The van der Waals surface area contributed by atoms with Crippen molar-refractivity contribution in [3.8, 4) is 11.5 Å². The Morgan fingerprint density at radius 2 is 1.73 bits per heavy atom. The zero-order chi connectivity index (χ0) is 23.6. The lowest BCUT2D eigenvalue weighted by atomic mass is 10.2. The van der Waals surface area contributed by atoms with Crippen molar-refractivity contribution in [2.24, 2.45) is 4.99 Å². The van der Waals surface area contributed by atoms with Gasteiger partial charge in [0.15, 0.2) is 17.5 Å². The molecule has 10 heteroatoms. The second kappa shape index (κ2) is 14.3. The van der Waals surface area contributed by atoms with E-state index in [1.807, 2.05) is 39.0 Å². The summed E-state index contributed by atoms with van der Waals surface area (Å²) in [6.45, 7) is 11.2. The molecular formula is C23H40IN5O4. The maximum atomic E-state index is 12.2. The highest BCUT2D eigenvalue weighted by atomic mass is 127. The van der Waals surface area contributed by atoms with Gasteiger partial charge < -0.3 is 29.7 Å². The molecule has 2 rings (SSSR count). The van der Waals surface area contributed by atoms with Gasteiger partial charge in [-0.2, -0.15) is 0 Å². The molecule has 1 aromatic carbocycles. The Bertz CT molecular complexity index is 762. The van der Waals surface area contributed by atoms with E-state index in [0.717, 1.165) is 44.1 Å². The number of hydrogen-bond acceptors (Lipinski definition) is 6. The number of guanidine groups is 1. The predicted octanol–water partition coefficient (Wildman–Crippen LogP) is 2.93. The van der Waals surface area contributed by atoms with Crippen molar-refractivity contribution in [1.29, 1.82) is 0 Å². The number of carbonyl (C=O) groups is 1. The second-order valence-electron chi connectivity index (χ2n) is 8.70. The SMILES string of the molecule is CN=C(NCCCN1CCN(C(=O)OC(C)(C)C)CC1)NCc1ccc(OC)c(OC)c1.I. The van der Waals surface area contributed by atoms with Crippen LogP contribution in [0, 0.1) is 0 Å². The number of rotatable bonds is 8. The van der Waals surface area contributed by atoms with Gasteiger partial charge in [0, 0.05) is 46.3 Å². The number of aliphatic imine (C=N–C) groups is 1. The van der Waals surface area contributed by atoms with Crippen molar-refractivity contribution in [1.82, 2.24) is 20.4 Å². The average molecular weight is 578 g/mol. The fourth-order valence-electron chi connectivity index (χ4n) is 3.39. The van der Waals surface area contributed by atoms with E-state index in [1.165, 1.54) is 0 Å². The summed E-state index contributed by atoms with van der Waals surface area (Å²) in [4.78, 5) is 20.6. The van der Waals surface area contributed by atoms with E-state index < -0.39 is 5.60 Å². The Balaban J connectivity index is 0.00000544. The predicted molar refractivity (Wildman–Crippen MR) is 142 cm³/mol. The van der Waals surface area contributed by atoms with Crippen molar-refractivity contribution in [3.05, 3.63) is 23.8 Å². The zero-order valence-electron chi connectivity index (χ0n) is 20.8. The molecule has 0 radical (unpaired) electrons. The van der Waals surface area contributed by atoms with Crippen LogP contribution >= 0.6 is 24.0 Å². The summed E-state index contributed by atoms with van der Waals surface area (Å²) in [7, 11) is 5.02. The molecule has 1 fully saturated rings. The molecule has 9 nitrogen and oxygen atoms in total. The van der Waals surface area contributed by atoms with Gasteiger partial charge in [-0.05, 0) is 51.4 Å². The lowest BCUT2D eigenvalue weighted by Gasteiger charge is -2.35. The highest BCUT2D eigenvalue weighted by molar-refractivity contribution is 14.0. The first-order valence-corrected chi connectivity index (χ1v) is 11.1. The number of amides is 1. The van der Waals surface area contributed by atoms with Crippen LogP contribution in [0.4, 0.5) is 4.79 Å². The minimum absolute atomic E-state index is 0. The van der Waals surface area contributed by atoms with Gasteiger partial charge in [-0.25, -0.2) is 4.79 Å². The van der Waals surface area contributed by atoms with Crippen LogP contribution in [0.3, 0.4) is 0 Å². The normalized spacial score (nSPS) is 14.8. The van der Waals surface area contributed by atoms with Crippen molar-refractivity contribution in [3.63, 3.8) is 0 Å². The average Bonchev–Trinajstić information content (AvgIpc) is 2.77. The van der Waals surface area contributed by atoms with Crippen LogP contribution in [0.15, 0.2) is 23.2 Å². The summed E-state index contributed by atoms with van der Waals surface area (Å²) in [5.74, 6) is 2.18. The van der Waals surface area contributed by atoms with Gasteiger partial charge in [0.2, 0.25) is 0 Å². The fourth-order valence-corrected chi connectivity index (χ4v) is 3.39. The molecule has 0 bridgehead atoms. The minimum atomic E-state index is -0.452. The van der Waals surface area contributed by atoms with E-state index in [9.17, 15) is 4.79 Å². The molecule has 0 spiro atoms. The fraction of sp³-hybridized carbons (Fsp3) is 0.652. The number of nitrogens with zero attached hydrogens (tertiary/aromatic N) is 3. The topological polar surface area (TPSA) is 87.7 Å². The van der Waals surface area contributed by atoms with E-state index in [4.69, 9.17) is 14.2 Å². The minimum Gasteiger partial charge on any atom is -0.493 e. The molecule has 0 atom stereocenters. The van der Waals surface area contributed by atoms with Crippen LogP contribution in [-0.4, -0.2) is 88.0 Å². The molecule has 0 aromatic heterocycles. The van der Waals surface area contributed by atoms with Crippen molar-refractivity contribution < 1.29 is 19.0 Å². The third-order valence-corrected chi connectivity index (χ3v) is 5.10. The number of benzene rings is 1. The first-order chi connectivity index (χ1) is 15.3. The number of halogens is 1. The molecule has 33 heavy (non-hydrogen) atoms. The maximum absolute atomic E-state index is 12.2. The molecule has 0 saturated carbocycles. The first kappa shape index (κ1) is 29.1. The van der Waals surface area contributed by atoms with Crippen molar-refractivity contribution in [2.75, 3.05) is 60.5 Å². The number of nitrogens with one attached hydrogen (secondary N) is 2. The lowest BCUT2D eigenvalue weighted by molar-refractivity contribution is 0.0145. The molecule has 188 valence electrons. The van der Waals surface area contributed by atoms with E-state index >= 15 is 0 Å². The summed E-state index contributed by atoms with van der Waals surface area (Å²) in [6.07, 6.45) is 0.770. The summed E-state index contributed by atoms with van der Waals surface area (Å²) < 4.78 is 16.1. The second-order valence-corrected chi connectivity index (χ2v) is 8.70. The Morgan fingerprint density at radius 1 is 1.06 bits per heavy atom. The Labute approximate surface area is 215 Å². The first-order valence-electron chi connectivity index (χ1n) is 11.1. The number of carbonyl (C=O) groups excluding carboxylic acids is 1. The quantitative estimate of drug-likeness (QED) is 0.213. The van der Waals surface area contributed by atoms with Gasteiger partial charge in [-0.15, -0.1) is 24.0 Å². The van der Waals surface area contributed by atoms with Crippen LogP contribution in [0.25, 0.3) is 0 Å². The monoisotopic (exact) mass is 577 g/mol. The summed E-state index contributed by atoms with van der Waals surface area (Å²) in [5, 5.41) is 6.68. The van der Waals surface area contributed by atoms with Crippen LogP contribution in [0.2, 0.25) is 0 Å². The van der Waals surface area contributed by atoms with Gasteiger partial charge in [0.1, 0.15) is 5.60 Å². The van der Waals surface area contributed by atoms with Gasteiger partial charge in [0.05, 0.1) is 14.2 Å². The van der Waals surface area contributed by atoms with Crippen LogP contribution < -0.4 is 20.1 Å². The number of piperazine rings is 1. The molecule has 1 aliphatic heterocycles. The highest BCUT2D eigenvalue weighted by Gasteiger charge is 2.25. The molecule has 2 N–H and O–H groups in total. The Hall–Kier alpha value is -1.95. The standard InChI is InChI=1S/C23H39N5O4.HI/c1-23(2,3)32-22(29)28-14-12-27(13-15-28)11-7-10-25-21(24-4)26-17-18-8-9-19(30-5)20(16-18)31-6;/h8-9,16H,7,10-15,17H2,1-6H3,(H2,24,25,26);1H. The summed E-state index contributed by atoms with van der Waals surface area (Å²) in [5.41, 5.74) is 0.625. The summed E-state index contributed by atoms with van der Waals surface area (Å²) in [6, 6.07) is 5.85. The third kappa shape index (κ3) is 10.2. The van der Waals surface area contributed by atoms with Crippen LogP contribution in [0.1, 0.15) is 32.8 Å². The van der Waals surface area contributed by atoms with Gasteiger partial charge in [-0.3, -0.25) is 9.89 Å². The van der Waals surface area contributed by atoms with Gasteiger partial charge in [0.25, 0.3) is 0 Å². The van der Waals surface area contributed by atoms with Gasteiger partial charge >= 0.3 is 6.09 Å². The van der Waals surface area contributed by atoms with E-state index in [1.54, 1.807) is 26.2 Å². The molecule has 1 aliphatic rings. The molecule has 1 heterocycles. The number of ether oxygens (including phenoxy) is 3. The van der Waals surface area contributed by atoms with Gasteiger partial charge in [-0.1, -0.05) is 6.07 Å². The van der Waals surface area contributed by atoms with Crippen LogP contribution in [0.5, 0.6) is 11.5 Å². The molecule has 1 saturated heterocycles. The van der Waals surface area contributed by atoms with Crippen LogP contribution in [-0.2, 0) is 11.3 Å². The highest BCUT2D eigenvalue weighted by Crippen LogP contribution is 2.27. The molecule has 0 unspecified atom stereocenters. The Morgan fingerprint density at radius 3 is 2.30 bits per heavy atom.